The summed E-state index contributed by atoms with van der Waals surface area (Å²) in [6.07, 6.45) is -0.0581. The molecular weight excluding hydrogens is 212 g/mol. The van der Waals surface area contributed by atoms with Gasteiger partial charge < -0.3 is 15.1 Å². The number of likely N-dealkylation sites (tertiary alicyclic amines) is 1. The Morgan fingerprint density at radius 2 is 1.62 bits per heavy atom. The van der Waals surface area contributed by atoms with Crippen LogP contribution in [-0.2, 0) is 4.79 Å². The van der Waals surface area contributed by atoms with Gasteiger partial charge >= 0.3 is 12.1 Å². The second-order valence-electron chi connectivity index (χ2n) is 4.73. The minimum Gasteiger partial charge on any atom is -0.481 e. The number of carboxylic acid groups (broad SMARTS) is 2. The van der Waals surface area contributed by atoms with E-state index < -0.39 is 12.1 Å². The van der Waals surface area contributed by atoms with Crippen LogP contribution in [0.5, 0.6) is 0 Å². The van der Waals surface area contributed by atoms with Gasteiger partial charge in [-0.1, -0.05) is 0 Å². The first-order valence-corrected chi connectivity index (χ1v) is 5.41. The number of likely N-dealkylation sites (N-methyl/N-ethyl adjacent to an activating group) is 1. The molecule has 0 aromatic heterocycles. The molecule has 2 aliphatic rings. The molecule has 90 valence electrons. The topological polar surface area (TPSA) is 81.1 Å². The van der Waals surface area contributed by atoms with Crippen molar-refractivity contribution < 1.29 is 19.8 Å². The zero-order valence-corrected chi connectivity index (χ0v) is 9.17. The predicted molar refractivity (Wildman–Crippen MR) is 55.3 cm³/mol. The van der Waals surface area contributed by atoms with E-state index >= 15 is 0 Å². The molecule has 0 spiro atoms. The third-order valence-corrected chi connectivity index (χ3v) is 3.51. The summed E-state index contributed by atoms with van der Waals surface area (Å²) in [5, 5.41) is 18.1. The number of amides is 1. The molecule has 1 amide bonds. The van der Waals surface area contributed by atoms with Gasteiger partial charge in [-0.15, -0.1) is 0 Å². The molecule has 2 aliphatic heterocycles. The maximum absolute atomic E-state index is 11.1. The molecule has 2 saturated heterocycles. The summed E-state index contributed by atoms with van der Waals surface area (Å²) in [6.45, 7) is 1.26. The van der Waals surface area contributed by atoms with Crippen LogP contribution in [0.4, 0.5) is 4.79 Å². The van der Waals surface area contributed by atoms with Gasteiger partial charge in [0, 0.05) is 25.2 Å². The lowest BCUT2D eigenvalue weighted by atomic mass is 9.83. The van der Waals surface area contributed by atoms with Crippen molar-refractivity contribution in [2.75, 3.05) is 20.1 Å². The molecule has 2 rings (SSSR count). The van der Waals surface area contributed by atoms with Gasteiger partial charge in [0.25, 0.3) is 0 Å². The van der Waals surface area contributed by atoms with Crippen LogP contribution in [0.1, 0.15) is 12.8 Å². The van der Waals surface area contributed by atoms with Gasteiger partial charge in [0.15, 0.2) is 0 Å². The quantitative estimate of drug-likeness (QED) is 0.667. The largest absolute Gasteiger partial charge is 0.481 e. The number of piperidine rings is 1. The molecule has 2 bridgehead atoms. The van der Waals surface area contributed by atoms with Crippen LogP contribution >= 0.6 is 0 Å². The van der Waals surface area contributed by atoms with E-state index in [2.05, 4.69) is 4.90 Å². The van der Waals surface area contributed by atoms with Crippen molar-refractivity contribution >= 4 is 12.1 Å². The summed E-state index contributed by atoms with van der Waals surface area (Å²) in [5.74, 6) is -1.19. The highest BCUT2D eigenvalue weighted by Gasteiger charge is 2.44. The van der Waals surface area contributed by atoms with Crippen LogP contribution < -0.4 is 0 Å². The van der Waals surface area contributed by atoms with Gasteiger partial charge in [-0.2, -0.15) is 0 Å². The first kappa shape index (κ1) is 11.2. The Morgan fingerprint density at radius 1 is 1.12 bits per heavy atom. The predicted octanol–water partition coefficient (Wildman–Crippen LogP) is 0.144. The zero-order valence-electron chi connectivity index (χ0n) is 9.17. The molecule has 1 unspecified atom stereocenters. The summed E-state index contributed by atoms with van der Waals surface area (Å²) < 4.78 is 0. The first-order chi connectivity index (χ1) is 7.49. The fourth-order valence-corrected chi connectivity index (χ4v) is 2.91. The molecule has 3 atom stereocenters. The third-order valence-electron chi connectivity index (χ3n) is 3.51. The molecule has 2 fully saturated rings. The van der Waals surface area contributed by atoms with E-state index in [4.69, 9.17) is 10.2 Å². The molecule has 16 heavy (non-hydrogen) atoms. The van der Waals surface area contributed by atoms with Crippen molar-refractivity contribution in [3.05, 3.63) is 0 Å². The van der Waals surface area contributed by atoms with Crippen molar-refractivity contribution in [1.82, 2.24) is 9.80 Å². The summed E-state index contributed by atoms with van der Waals surface area (Å²) in [6, 6.07) is -0.341. The van der Waals surface area contributed by atoms with E-state index in [1.54, 1.807) is 0 Å². The van der Waals surface area contributed by atoms with E-state index in [1.165, 1.54) is 4.90 Å². The molecule has 0 aliphatic carbocycles. The summed E-state index contributed by atoms with van der Waals surface area (Å²) in [4.78, 5) is 25.6. The second-order valence-corrected chi connectivity index (χ2v) is 4.73. The Balaban J connectivity index is 2.18. The number of fused-ring (bicyclic) bond motifs is 2. The maximum atomic E-state index is 11.1. The summed E-state index contributed by atoms with van der Waals surface area (Å²) in [7, 11) is 1.94. The van der Waals surface area contributed by atoms with Gasteiger partial charge in [-0.25, -0.2) is 4.79 Å². The van der Waals surface area contributed by atoms with Gasteiger partial charge in [0.2, 0.25) is 0 Å². The average Bonchev–Trinajstić information content (AvgIpc) is 2.14. The van der Waals surface area contributed by atoms with Gasteiger partial charge in [-0.3, -0.25) is 9.69 Å². The van der Waals surface area contributed by atoms with E-state index in [0.29, 0.717) is 25.9 Å². The van der Waals surface area contributed by atoms with E-state index in [9.17, 15) is 9.59 Å². The summed E-state index contributed by atoms with van der Waals surface area (Å²) in [5.41, 5.74) is 0. The molecule has 2 heterocycles. The standard InChI is InChI=1S/C10H16N2O4/c1-11-4-7-2-6(9(13)14)3-8(5-11)12(7)10(15)16/h6-8H,2-5H2,1H3,(H,13,14)(H,15,16)/t6?,7-,8+. The first-order valence-electron chi connectivity index (χ1n) is 5.41. The van der Waals surface area contributed by atoms with E-state index in [0.717, 1.165) is 0 Å². The van der Waals surface area contributed by atoms with Crippen LogP contribution in [0.15, 0.2) is 0 Å². The number of carboxylic acids is 1. The van der Waals surface area contributed by atoms with Crippen LogP contribution in [0.2, 0.25) is 0 Å². The number of piperazine rings is 1. The highest BCUT2D eigenvalue weighted by atomic mass is 16.4. The number of carbonyl (C=O) groups is 2. The van der Waals surface area contributed by atoms with Crippen LogP contribution in [0.3, 0.4) is 0 Å². The average molecular weight is 228 g/mol. The SMILES string of the molecule is CN1C[C@H]2CC(C(=O)O)C[C@@H](C1)N2C(=O)O. The van der Waals surface area contributed by atoms with E-state index in [-0.39, 0.29) is 18.0 Å². The number of nitrogens with zero attached hydrogens (tertiary/aromatic N) is 2. The van der Waals surface area contributed by atoms with Crippen LogP contribution in [0.25, 0.3) is 0 Å². The maximum Gasteiger partial charge on any atom is 0.407 e. The highest BCUT2D eigenvalue weighted by molar-refractivity contribution is 5.72. The fourth-order valence-electron chi connectivity index (χ4n) is 2.91. The molecule has 0 aromatic carbocycles. The summed E-state index contributed by atoms with van der Waals surface area (Å²) >= 11 is 0. The Morgan fingerprint density at radius 3 is 2.00 bits per heavy atom. The smallest absolute Gasteiger partial charge is 0.407 e. The van der Waals surface area contributed by atoms with Crippen molar-refractivity contribution in [1.29, 1.82) is 0 Å². The molecule has 6 nitrogen and oxygen atoms in total. The molecular formula is C10H16N2O4. The highest BCUT2D eigenvalue weighted by Crippen LogP contribution is 2.32. The lowest BCUT2D eigenvalue weighted by Gasteiger charge is -2.49. The van der Waals surface area contributed by atoms with Gasteiger partial charge in [0.1, 0.15) is 0 Å². The van der Waals surface area contributed by atoms with Crippen LogP contribution in [0, 0.1) is 5.92 Å². The Bertz CT molecular complexity index is 304. The molecule has 2 N–H and O–H groups in total. The van der Waals surface area contributed by atoms with Crippen molar-refractivity contribution in [3.8, 4) is 0 Å². The van der Waals surface area contributed by atoms with Crippen molar-refractivity contribution in [2.24, 2.45) is 5.92 Å². The molecule has 0 aromatic rings. The molecule has 0 radical (unpaired) electrons. The molecule has 6 heteroatoms. The number of aliphatic carboxylic acids is 1. The lowest BCUT2D eigenvalue weighted by molar-refractivity contribution is -0.146. The number of rotatable bonds is 1. The van der Waals surface area contributed by atoms with Crippen molar-refractivity contribution in [2.45, 2.75) is 24.9 Å². The van der Waals surface area contributed by atoms with Gasteiger partial charge in [-0.05, 0) is 19.9 Å². The Labute approximate surface area is 93.4 Å². The third kappa shape index (κ3) is 1.84. The van der Waals surface area contributed by atoms with E-state index in [1.807, 2.05) is 7.05 Å². The minimum absolute atomic E-state index is 0.170. The van der Waals surface area contributed by atoms with Crippen LogP contribution in [-0.4, -0.2) is 64.3 Å². The zero-order chi connectivity index (χ0) is 11.9. The Hall–Kier alpha value is -1.30. The lowest BCUT2D eigenvalue weighted by Crippen LogP contribution is -2.63. The number of hydrogen-bond acceptors (Lipinski definition) is 3. The van der Waals surface area contributed by atoms with Gasteiger partial charge in [0.05, 0.1) is 5.92 Å². The normalized spacial score (nSPS) is 34.8. The second kappa shape index (κ2) is 3.93. The number of hydrogen-bond donors (Lipinski definition) is 2. The Kier molecular flexibility index (Phi) is 2.75. The van der Waals surface area contributed by atoms with Crippen molar-refractivity contribution in [3.63, 3.8) is 0 Å². The monoisotopic (exact) mass is 228 g/mol. The minimum atomic E-state index is -0.924. The fraction of sp³-hybridized carbons (Fsp3) is 0.800. The molecule has 0 saturated carbocycles.